The molecular formula is C24H26N2O3. The average molecular weight is 390 g/mol. The Bertz CT molecular complexity index is 988. The minimum Gasteiger partial charge on any atom is -0.455 e. The molecule has 0 unspecified atom stereocenters. The zero-order valence-corrected chi connectivity index (χ0v) is 16.4. The number of H-pyrrole nitrogens is 1. The maximum absolute atomic E-state index is 12.9. The molecule has 1 aliphatic rings. The van der Waals surface area contributed by atoms with Gasteiger partial charge in [-0.15, -0.1) is 0 Å². The molecule has 1 aliphatic carbocycles. The number of carbonyl (C=O) groups is 2. The molecule has 3 aromatic rings. The van der Waals surface area contributed by atoms with Gasteiger partial charge in [0.1, 0.15) is 0 Å². The van der Waals surface area contributed by atoms with Crippen LogP contribution in [0.25, 0.3) is 10.9 Å². The van der Waals surface area contributed by atoms with Crippen molar-refractivity contribution < 1.29 is 14.3 Å². The van der Waals surface area contributed by atoms with E-state index in [1.165, 1.54) is 5.39 Å². The Labute approximate surface area is 170 Å². The van der Waals surface area contributed by atoms with Crippen molar-refractivity contribution in [3.05, 3.63) is 71.9 Å². The Kier molecular flexibility index (Phi) is 5.65. The lowest BCUT2D eigenvalue weighted by Gasteiger charge is -2.27. The summed E-state index contributed by atoms with van der Waals surface area (Å²) in [7, 11) is 0. The van der Waals surface area contributed by atoms with Gasteiger partial charge in [-0.25, -0.2) is 0 Å². The van der Waals surface area contributed by atoms with Gasteiger partial charge >= 0.3 is 5.97 Å². The summed E-state index contributed by atoms with van der Waals surface area (Å²) in [6.45, 7) is 0.267. The number of nitrogens with one attached hydrogen (secondary N) is 2. The number of fused-ring (bicyclic) bond motifs is 1. The summed E-state index contributed by atoms with van der Waals surface area (Å²) in [4.78, 5) is 28.3. The molecule has 1 amide bonds. The van der Waals surface area contributed by atoms with Crippen LogP contribution in [0, 0.1) is 0 Å². The van der Waals surface area contributed by atoms with Crippen molar-refractivity contribution in [2.75, 3.05) is 13.2 Å². The Morgan fingerprint density at radius 1 is 1.00 bits per heavy atom. The zero-order valence-electron chi connectivity index (χ0n) is 16.4. The molecule has 1 heterocycles. The second-order valence-corrected chi connectivity index (χ2v) is 7.69. The summed E-state index contributed by atoms with van der Waals surface area (Å²) in [5, 5.41) is 4.02. The molecule has 0 spiro atoms. The summed E-state index contributed by atoms with van der Waals surface area (Å²) < 4.78 is 5.45. The number of hydrogen-bond acceptors (Lipinski definition) is 3. The molecule has 0 atom stereocenters. The van der Waals surface area contributed by atoms with Crippen LogP contribution in [0.4, 0.5) is 0 Å². The van der Waals surface area contributed by atoms with Crippen LogP contribution in [-0.4, -0.2) is 30.0 Å². The van der Waals surface area contributed by atoms with Crippen LogP contribution in [0.3, 0.4) is 0 Å². The third kappa shape index (κ3) is 4.04. The second kappa shape index (κ2) is 8.52. The summed E-state index contributed by atoms with van der Waals surface area (Å²) in [5.41, 5.74) is 2.63. The van der Waals surface area contributed by atoms with Crippen molar-refractivity contribution in [1.29, 1.82) is 0 Å². The van der Waals surface area contributed by atoms with Gasteiger partial charge in [0.2, 0.25) is 0 Å². The summed E-state index contributed by atoms with van der Waals surface area (Å²) in [6, 6.07) is 17.9. The standard InChI is InChI=1S/C24H26N2O3/c27-22(25-15-12-18-16-26-21-11-5-4-10-20(18)21)17-29-23(28)24(13-6-7-14-24)19-8-2-1-3-9-19/h1-5,8-11,16,26H,6-7,12-15,17H2,(H,25,27). The quantitative estimate of drug-likeness (QED) is 0.602. The van der Waals surface area contributed by atoms with E-state index in [0.717, 1.165) is 48.7 Å². The van der Waals surface area contributed by atoms with Gasteiger partial charge in [0.05, 0.1) is 5.41 Å². The molecule has 1 saturated carbocycles. The zero-order chi connectivity index (χ0) is 20.1. The van der Waals surface area contributed by atoms with Crippen molar-refractivity contribution in [3.63, 3.8) is 0 Å². The second-order valence-electron chi connectivity index (χ2n) is 7.69. The van der Waals surface area contributed by atoms with E-state index in [-0.39, 0.29) is 18.5 Å². The van der Waals surface area contributed by atoms with E-state index >= 15 is 0 Å². The fourth-order valence-corrected chi connectivity index (χ4v) is 4.34. The van der Waals surface area contributed by atoms with Crippen LogP contribution >= 0.6 is 0 Å². The molecule has 150 valence electrons. The van der Waals surface area contributed by atoms with Gasteiger partial charge in [-0.2, -0.15) is 0 Å². The highest BCUT2D eigenvalue weighted by atomic mass is 16.5. The van der Waals surface area contributed by atoms with E-state index in [1.54, 1.807) is 0 Å². The summed E-state index contributed by atoms with van der Waals surface area (Å²) >= 11 is 0. The van der Waals surface area contributed by atoms with Crippen LogP contribution in [0.5, 0.6) is 0 Å². The molecule has 0 aliphatic heterocycles. The van der Waals surface area contributed by atoms with Gasteiger partial charge in [-0.05, 0) is 36.5 Å². The number of amides is 1. The van der Waals surface area contributed by atoms with Crippen LogP contribution in [-0.2, 0) is 26.2 Å². The Hall–Kier alpha value is -3.08. The number of aromatic amines is 1. The minimum absolute atomic E-state index is 0.235. The smallest absolute Gasteiger partial charge is 0.317 e. The first-order valence-electron chi connectivity index (χ1n) is 10.2. The van der Waals surface area contributed by atoms with Crippen molar-refractivity contribution in [2.24, 2.45) is 0 Å². The van der Waals surface area contributed by atoms with E-state index in [1.807, 2.05) is 54.7 Å². The van der Waals surface area contributed by atoms with E-state index in [0.29, 0.717) is 6.54 Å². The third-order valence-electron chi connectivity index (χ3n) is 5.90. The molecule has 5 heteroatoms. The van der Waals surface area contributed by atoms with Gasteiger partial charge in [0.25, 0.3) is 5.91 Å². The van der Waals surface area contributed by atoms with Crippen LogP contribution in [0.2, 0.25) is 0 Å². The first kappa shape index (κ1) is 19.2. The van der Waals surface area contributed by atoms with Crippen LogP contribution < -0.4 is 5.32 Å². The number of esters is 1. The van der Waals surface area contributed by atoms with Crippen molar-refractivity contribution in [2.45, 2.75) is 37.5 Å². The Balaban J connectivity index is 1.29. The number of carbonyl (C=O) groups excluding carboxylic acids is 2. The van der Waals surface area contributed by atoms with Gasteiger partial charge in [0, 0.05) is 23.6 Å². The van der Waals surface area contributed by atoms with Gasteiger partial charge in [-0.1, -0.05) is 61.4 Å². The van der Waals surface area contributed by atoms with Crippen molar-refractivity contribution in [3.8, 4) is 0 Å². The molecule has 29 heavy (non-hydrogen) atoms. The minimum atomic E-state index is -0.606. The lowest BCUT2D eigenvalue weighted by Crippen LogP contribution is -2.38. The van der Waals surface area contributed by atoms with E-state index < -0.39 is 5.41 Å². The lowest BCUT2D eigenvalue weighted by molar-refractivity contribution is -0.154. The van der Waals surface area contributed by atoms with Crippen molar-refractivity contribution >= 4 is 22.8 Å². The summed E-state index contributed by atoms with van der Waals surface area (Å²) in [5.74, 6) is -0.549. The number of rotatable bonds is 7. The predicted molar refractivity (Wildman–Crippen MR) is 113 cm³/mol. The largest absolute Gasteiger partial charge is 0.455 e. The number of hydrogen-bond donors (Lipinski definition) is 2. The molecule has 5 nitrogen and oxygen atoms in total. The maximum atomic E-state index is 12.9. The highest BCUT2D eigenvalue weighted by Crippen LogP contribution is 2.42. The number of aromatic nitrogens is 1. The van der Waals surface area contributed by atoms with Crippen LogP contribution in [0.15, 0.2) is 60.8 Å². The average Bonchev–Trinajstić information content (AvgIpc) is 3.41. The van der Waals surface area contributed by atoms with E-state index in [2.05, 4.69) is 16.4 Å². The predicted octanol–water partition coefficient (Wildman–Crippen LogP) is 3.88. The lowest BCUT2D eigenvalue weighted by atomic mass is 9.79. The highest BCUT2D eigenvalue weighted by molar-refractivity contribution is 5.87. The maximum Gasteiger partial charge on any atom is 0.317 e. The highest BCUT2D eigenvalue weighted by Gasteiger charge is 2.44. The number of ether oxygens (including phenoxy) is 1. The topological polar surface area (TPSA) is 71.2 Å². The van der Waals surface area contributed by atoms with E-state index in [9.17, 15) is 9.59 Å². The summed E-state index contributed by atoms with van der Waals surface area (Å²) in [6.07, 6.45) is 6.25. The molecule has 1 aromatic heterocycles. The number of para-hydroxylation sites is 1. The fourth-order valence-electron chi connectivity index (χ4n) is 4.34. The van der Waals surface area contributed by atoms with Gasteiger partial charge in [-0.3, -0.25) is 9.59 Å². The first-order valence-corrected chi connectivity index (χ1v) is 10.2. The molecule has 2 N–H and O–H groups in total. The molecule has 0 radical (unpaired) electrons. The number of benzene rings is 2. The normalized spacial score (nSPS) is 15.3. The Morgan fingerprint density at radius 3 is 2.52 bits per heavy atom. The molecule has 0 saturated heterocycles. The van der Waals surface area contributed by atoms with Crippen molar-refractivity contribution in [1.82, 2.24) is 10.3 Å². The van der Waals surface area contributed by atoms with E-state index in [4.69, 9.17) is 4.74 Å². The monoisotopic (exact) mass is 390 g/mol. The fraction of sp³-hybridized carbons (Fsp3) is 0.333. The Morgan fingerprint density at radius 2 is 1.72 bits per heavy atom. The first-order chi connectivity index (χ1) is 14.2. The molecule has 1 fully saturated rings. The molecule has 2 aromatic carbocycles. The van der Waals surface area contributed by atoms with Gasteiger partial charge < -0.3 is 15.0 Å². The van der Waals surface area contributed by atoms with Gasteiger partial charge in [0.15, 0.2) is 6.61 Å². The molecular weight excluding hydrogens is 364 g/mol. The third-order valence-corrected chi connectivity index (χ3v) is 5.90. The molecule has 4 rings (SSSR count). The SMILES string of the molecule is O=C(COC(=O)C1(c2ccccc2)CCCC1)NCCc1c[nH]c2ccccc12. The van der Waals surface area contributed by atoms with Crippen LogP contribution in [0.1, 0.15) is 36.8 Å². The molecule has 0 bridgehead atoms.